The highest BCUT2D eigenvalue weighted by atomic mass is 79.9. The Labute approximate surface area is 118 Å². The minimum atomic E-state index is -0.804. The molecule has 0 amide bonds. The Kier molecular flexibility index (Phi) is 7.04. The van der Waals surface area contributed by atoms with Crippen molar-refractivity contribution in [3.8, 4) is 0 Å². The number of carbonyl (C=O) groups excluding carboxylic acids is 1. The van der Waals surface area contributed by atoms with Crippen molar-refractivity contribution in [1.29, 1.82) is 0 Å². The molecule has 0 unspecified atom stereocenters. The molecule has 0 spiro atoms. The van der Waals surface area contributed by atoms with Crippen LogP contribution in [0.5, 0.6) is 0 Å². The van der Waals surface area contributed by atoms with Crippen molar-refractivity contribution in [2.75, 3.05) is 19.4 Å². The van der Waals surface area contributed by atoms with Crippen LogP contribution in [0.4, 0.5) is 8.78 Å². The SMILES string of the molecule is Br.CN(C)Cc1cc(F)c(C(=O)CBr)c(F)c1. The molecule has 96 valence electrons. The first-order valence-corrected chi connectivity index (χ1v) is 5.79. The molecule has 1 rings (SSSR count). The second kappa shape index (κ2) is 7.18. The standard InChI is InChI=1S/C11H12BrF2NO.BrH/c1-15(2)6-7-3-8(13)11(9(14)4-7)10(16)5-12;/h3-4H,5-6H2,1-2H3;1H. The van der Waals surface area contributed by atoms with Gasteiger partial charge in [0.05, 0.1) is 10.9 Å². The lowest BCUT2D eigenvalue weighted by molar-refractivity contribution is 0.101. The average molecular weight is 373 g/mol. The second-order valence-electron chi connectivity index (χ2n) is 3.73. The normalized spacial score (nSPS) is 10.2. The quantitative estimate of drug-likeness (QED) is 0.597. The van der Waals surface area contributed by atoms with Gasteiger partial charge in [-0.15, -0.1) is 17.0 Å². The Morgan fingerprint density at radius 2 is 1.76 bits per heavy atom. The summed E-state index contributed by atoms with van der Waals surface area (Å²) in [5.41, 5.74) is 0.0329. The van der Waals surface area contributed by atoms with Crippen LogP contribution in [-0.4, -0.2) is 30.1 Å². The number of halogens is 4. The first-order valence-electron chi connectivity index (χ1n) is 4.67. The second-order valence-corrected chi connectivity index (χ2v) is 4.29. The van der Waals surface area contributed by atoms with Crippen molar-refractivity contribution in [3.05, 3.63) is 34.9 Å². The molecule has 1 aromatic rings. The maximum Gasteiger partial charge on any atom is 0.179 e. The summed E-state index contributed by atoms with van der Waals surface area (Å²) in [5.74, 6) is -2.20. The van der Waals surface area contributed by atoms with Crippen LogP contribution in [0.1, 0.15) is 15.9 Å². The van der Waals surface area contributed by atoms with Gasteiger partial charge in [0.15, 0.2) is 5.78 Å². The summed E-state index contributed by atoms with van der Waals surface area (Å²) >= 11 is 2.89. The van der Waals surface area contributed by atoms with Gasteiger partial charge in [0, 0.05) is 6.54 Å². The maximum atomic E-state index is 13.5. The van der Waals surface area contributed by atoms with E-state index < -0.39 is 23.0 Å². The highest BCUT2D eigenvalue weighted by molar-refractivity contribution is 9.09. The summed E-state index contributed by atoms with van der Waals surface area (Å²) in [6.45, 7) is 0.427. The Bertz CT molecular complexity index is 387. The van der Waals surface area contributed by atoms with Crippen LogP contribution < -0.4 is 0 Å². The Morgan fingerprint density at radius 1 is 1.29 bits per heavy atom. The summed E-state index contributed by atoms with van der Waals surface area (Å²) in [7, 11) is 3.60. The molecule has 6 heteroatoms. The molecule has 1 aromatic carbocycles. The first-order chi connectivity index (χ1) is 7.45. The van der Waals surface area contributed by atoms with Crippen molar-refractivity contribution >= 4 is 38.7 Å². The van der Waals surface area contributed by atoms with E-state index in [4.69, 9.17) is 0 Å². The number of nitrogens with zero attached hydrogens (tertiary/aromatic N) is 1. The molecule has 0 N–H and O–H groups in total. The maximum absolute atomic E-state index is 13.5. The minimum Gasteiger partial charge on any atom is -0.305 e. The molecule has 0 fully saturated rings. The van der Waals surface area contributed by atoms with Gasteiger partial charge in [0.2, 0.25) is 0 Å². The molecule has 0 saturated carbocycles. The van der Waals surface area contributed by atoms with Crippen LogP contribution in [-0.2, 0) is 6.54 Å². The molecule has 2 nitrogen and oxygen atoms in total. The molecule has 0 heterocycles. The van der Waals surface area contributed by atoms with Crippen molar-refractivity contribution < 1.29 is 13.6 Å². The number of Topliss-reactive ketones (excluding diaryl/α,β-unsaturated/α-hetero) is 1. The highest BCUT2D eigenvalue weighted by Gasteiger charge is 2.17. The van der Waals surface area contributed by atoms with Crippen LogP contribution in [0.25, 0.3) is 0 Å². The minimum absolute atomic E-state index is 0. The first kappa shape index (κ1) is 16.7. The van der Waals surface area contributed by atoms with Gasteiger partial charge in [-0.05, 0) is 31.8 Å². The van der Waals surface area contributed by atoms with Gasteiger partial charge < -0.3 is 4.90 Å². The Morgan fingerprint density at radius 3 is 2.12 bits per heavy atom. The van der Waals surface area contributed by atoms with E-state index in [-0.39, 0.29) is 22.3 Å². The fourth-order valence-electron chi connectivity index (χ4n) is 1.42. The molecule has 0 aliphatic heterocycles. The van der Waals surface area contributed by atoms with Gasteiger partial charge in [-0.3, -0.25) is 4.79 Å². The number of ketones is 1. The molecule has 0 atom stereocenters. The van der Waals surface area contributed by atoms with Crippen LogP contribution in [0.15, 0.2) is 12.1 Å². The van der Waals surface area contributed by atoms with Crippen molar-refractivity contribution in [2.24, 2.45) is 0 Å². The van der Waals surface area contributed by atoms with E-state index >= 15 is 0 Å². The predicted octanol–water partition coefficient (Wildman–Crippen LogP) is 3.18. The summed E-state index contributed by atoms with van der Waals surface area (Å²) in [6, 6.07) is 2.39. The van der Waals surface area contributed by atoms with Crippen LogP contribution in [0.2, 0.25) is 0 Å². The zero-order valence-electron chi connectivity index (χ0n) is 9.47. The lowest BCUT2D eigenvalue weighted by atomic mass is 10.1. The van der Waals surface area contributed by atoms with E-state index in [0.29, 0.717) is 12.1 Å². The summed E-state index contributed by atoms with van der Waals surface area (Å²) in [4.78, 5) is 13.0. The number of hydrogen-bond acceptors (Lipinski definition) is 2. The third-order valence-corrected chi connectivity index (χ3v) is 2.51. The largest absolute Gasteiger partial charge is 0.305 e. The van der Waals surface area contributed by atoms with Crippen molar-refractivity contribution in [2.45, 2.75) is 6.54 Å². The molecule has 0 aliphatic carbocycles. The lowest BCUT2D eigenvalue weighted by Gasteiger charge is -2.11. The molecule has 0 aliphatic rings. The van der Waals surface area contributed by atoms with E-state index in [9.17, 15) is 13.6 Å². The fourth-order valence-corrected chi connectivity index (χ4v) is 1.70. The Balaban J connectivity index is 0.00000256. The van der Waals surface area contributed by atoms with E-state index in [2.05, 4.69) is 15.9 Å². The molecule has 0 saturated heterocycles. The summed E-state index contributed by atoms with van der Waals surface area (Å²) in [6.07, 6.45) is 0. The van der Waals surface area contributed by atoms with E-state index in [1.54, 1.807) is 19.0 Å². The summed E-state index contributed by atoms with van der Waals surface area (Å²) < 4.78 is 27.0. The molecular formula is C11H13Br2F2NO. The van der Waals surface area contributed by atoms with E-state index in [1.165, 1.54) is 12.1 Å². The molecule has 0 bridgehead atoms. The third-order valence-electron chi connectivity index (χ3n) is 2.00. The predicted molar refractivity (Wildman–Crippen MR) is 72.2 cm³/mol. The molecular weight excluding hydrogens is 360 g/mol. The molecule has 17 heavy (non-hydrogen) atoms. The zero-order chi connectivity index (χ0) is 12.3. The van der Waals surface area contributed by atoms with Gasteiger partial charge in [-0.1, -0.05) is 15.9 Å². The molecule has 0 aromatic heterocycles. The topological polar surface area (TPSA) is 20.3 Å². The number of alkyl halides is 1. The van der Waals surface area contributed by atoms with Crippen LogP contribution in [0, 0.1) is 11.6 Å². The van der Waals surface area contributed by atoms with Gasteiger partial charge >= 0.3 is 0 Å². The van der Waals surface area contributed by atoms with Gasteiger partial charge in [-0.2, -0.15) is 0 Å². The fraction of sp³-hybridized carbons (Fsp3) is 0.364. The third kappa shape index (κ3) is 4.44. The zero-order valence-corrected chi connectivity index (χ0v) is 12.8. The average Bonchev–Trinajstić information content (AvgIpc) is 2.15. The van der Waals surface area contributed by atoms with Gasteiger partial charge in [-0.25, -0.2) is 8.78 Å². The van der Waals surface area contributed by atoms with Crippen molar-refractivity contribution in [3.63, 3.8) is 0 Å². The van der Waals surface area contributed by atoms with Crippen LogP contribution in [0.3, 0.4) is 0 Å². The van der Waals surface area contributed by atoms with E-state index in [1.807, 2.05) is 0 Å². The number of hydrogen-bond donors (Lipinski definition) is 0. The smallest absolute Gasteiger partial charge is 0.179 e. The highest BCUT2D eigenvalue weighted by Crippen LogP contribution is 2.17. The van der Waals surface area contributed by atoms with Crippen LogP contribution >= 0.6 is 32.9 Å². The van der Waals surface area contributed by atoms with Gasteiger partial charge in [0.1, 0.15) is 11.6 Å². The van der Waals surface area contributed by atoms with E-state index in [0.717, 1.165) is 0 Å². The Hall–Kier alpha value is -0.330. The number of carbonyl (C=O) groups is 1. The monoisotopic (exact) mass is 371 g/mol. The lowest BCUT2D eigenvalue weighted by Crippen LogP contribution is -2.13. The number of rotatable bonds is 4. The summed E-state index contributed by atoms with van der Waals surface area (Å²) in [5, 5.41) is -0.0894. The number of benzene rings is 1. The van der Waals surface area contributed by atoms with Gasteiger partial charge in [0.25, 0.3) is 0 Å². The van der Waals surface area contributed by atoms with Crippen molar-refractivity contribution in [1.82, 2.24) is 4.90 Å². The molecule has 0 radical (unpaired) electrons.